The molecule has 2 heterocycles. The van der Waals surface area contributed by atoms with Gasteiger partial charge in [0.2, 0.25) is 11.8 Å². The summed E-state index contributed by atoms with van der Waals surface area (Å²) in [5.74, 6) is 0.681. The molecular formula is C19H19N5O2S2. The smallest absolute Gasteiger partial charge is 0.234 e. The van der Waals surface area contributed by atoms with Crippen LogP contribution in [0.1, 0.15) is 6.92 Å². The SMILES string of the molecule is C=CCn1c(SCC(=O)Nc2ccc(NC(C)=O)cc2)nnc1-c1cccs1. The summed E-state index contributed by atoms with van der Waals surface area (Å²) in [6, 6.07) is 10.9. The predicted octanol–water partition coefficient (Wildman–Crippen LogP) is 3.88. The molecule has 144 valence electrons. The summed E-state index contributed by atoms with van der Waals surface area (Å²) in [4.78, 5) is 24.3. The van der Waals surface area contributed by atoms with Crippen LogP contribution in [0.5, 0.6) is 0 Å². The van der Waals surface area contributed by atoms with Crippen LogP contribution in [0.2, 0.25) is 0 Å². The van der Waals surface area contributed by atoms with Crippen LogP contribution in [0.25, 0.3) is 10.7 Å². The van der Waals surface area contributed by atoms with Crippen LogP contribution < -0.4 is 10.6 Å². The molecule has 3 rings (SSSR count). The largest absolute Gasteiger partial charge is 0.326 e. The molecule has 0 unspecified atom stereocenters. The molecule has 1 aromatic carbocycles. The molecular weight excluding hydrogens is 394 g/mol. The van der Waals surface area contributed by atoms with E-state index in [9.17, 15) is 9.59 Å². The van der Waals surface area contributed by atoms with Gasteiger partial charge in [-0.1, -0.05) is 23.9 Å². The molecule has 9 heteroatoms. The molecule has 0 atom stereocenters. The lowest BCUT2D eigenvalue weighted by molar-refractivity contribution is -0.114. The van der Waals surface area contributed by atoms with E-state index in [2.05, 4.69) is 27.4 Å². The van der Waals surface area contributed by atoms with Crippen molar-refractivity contribution in [3.63, 3.8) is 0 Å². The monoisotopic (exact) mass is 413 g/mol. The zero-order valence-electron chi connectivity index (χ0n) is 15.2. The number of amides is 2. The maximum absolute atomic E-state index is 12.3. The maximum Gasteiger partial charge on any atom is 0.234 e. The fourth-order valence-corrected chi connectivity index (χ4v) is 3.91. The van der Waals surface area contributed by atoms with Gasteiger partial charge in [0, 0.05) is 24.8 Å². The molecule has 0 fully saturated rings. The fraction of sp³-hybridized carbons (Fsp3) is 0.158. The zero-order chi connectivity index (χ0) is 19.9. The van der Waals surface area contributed by atoms with E-state index < -0.39 is 0 Å². The average Bonchev–Trinajstić information content (AvgIpc) is 3.31. The van der Waals surface area contributed by atoms with Crippen LogP contribution in [-0.2, 0) is 16.1 Å². The van der Waals surface area contributed by atoms with Gasteiger partial charge >= 0.3 is 0 Å². The standard InChI is InChI=1S/C19H19N5O2S2/c1-3-10-24-18(16-5-4-11-27-16)22-23-19(24)28-12-17(26)21-15-8-6-14(7-9-15)20-13(2)25/h3-9,11H,1,10,12H2,2H3,(H,20,25)(H,21,26). The minimum Gasteiger partial charge on any atom is -0.326 e. The van der Waals surface area contributed by atoms with Crippen LogP contribution in [0.4, 0.5) is 11.4 Å². The van der Waals surface area contributed by atoms with Gasteiger partial charge in [-0.05, 0) is 35.7 Å². The van der Waals surface area contributed by atoms with Crippen molar-refractivity contribution < 1.29 is 9.59 Å². The molecule has 0 aliphatic carbocycles. The lowest BCUT2D eigenvalue weighted by Crippen LogP contribution is -2.14. The van der Waals surface area contributed by atoms with Gasteiger partial charge in [-0.3, -0.25) is 14.2 Å². The number of hydrogen-bond donors (Lipinski definition) is 2. The molecule has 7 nitrogen and oxygen atoms in total. The minimum absolute atomic E-state index is 0.140. The van der Waals surface area contributed by atoms with Crippen LogP contribution in [0.3, 0.4) is 0 Å². The highest BCUT2D eigenvalue weighted by atomic mass is 32.2. The molecule has 2 amide bonds. The first-order valence-electron chi connectivity index (χ1n) is 8.45. The number of thiophene rings is 1. The van der Waals surface area contributed by atoms with Crippen molar-refractivity contribution in [3.05, 3.63) is 54.4 Å². The zero-order valence-corrected chi connectivity index (χ0v) is 16.8. The van der Waals surface area contributed by atoms with Crippen LogP contribution in [-0.4, -0.2) is 32.3 Å². The van der Waals surface area contributed by atoms with Crippen molar-refractivity contribution >= 4 is 46.3 Å². The molecule has 0 aliphatic heterocycles. The number of allylic oxidation sites excluding steroid dienone is 1. The van der Waals surface area contributed by atoms with Crippen molar-refractivity contribution in [2.75, 3.05) is 16.4 Å². The van der Waals surface area contributed by atoms with Gasteiger partial charge in [0.25, 0.3) is 0 Å². The molecule has 0 saturated carbocycles. The number of nitrogens with zero attached hydrogens (tertiary/aromatic N) is 3. The molecule has 0 aliphatic rings. The summed E-state index contributed by atoms with van der Waals surface area (Å²) < 4.78 is 1.94. The molecule has 0 spiro atoms. The Morgan fingerprint density at radius 3 is 2.50 bits per heavy atom. The second-order valence-electron chi connectivity index (χ2n) is 5.78. The van der Waals surface area contributed by atoms with Crippen molar-refractivity contribution in [1.82, 2.24) is 14.8 Å². The number of aromatic nitrogens is 3. The van der Waals surface area contributed by atoms with Crippen molar-refractivity contribution in [2.24, 2.45) is 0 Å². The van der Waals surface area contributed by atoms with Crippen molar-refractivity contribution in [1.29, 1.82) is 0 Å². The number of thioether (sulfide) groups is 1. The first-order valence-corrected chi connectivity index (χ1v) is 10.3. The van der Waals surface area contributed by atoms with E-state index >= 15 is 0 Å². The summed E-state index contributed by atoms with van der Waals surface area (Å²) in [5.41, 5.74) is 1.34. The Kier molecular flexibility index (Phi) is 6.62. The molecule has 2 aromatic heterocycles. The molecule has 2 N–H and O–H groups in total. The second-order valence-corrected chi connectivity index (χ2v) is 7.67. The number of benzene rings is 1. The summed E-state index contributed by atoms with van der Waals surface area (Å²) >= 11 is 2.91. The van der Waals surface area contributed by atoms with Gasteiger partial charge < -0.3 is 10.6 Å². The van der Waals surface area contributed by atoms with E-state index in [0.717, 1.165) is 10.7 Å². The van der Waals surface area contributed by atoms with E-state index in [1.54, 1.807) is 41.7 Å². The third-order valence-corrected chi connectivity index (χ3v) is 5.42. The van der Waals surface area contributed by atoms with E-state index in [1.807, 2.05) is 22.1 Å². The first kappa shape index (κ1) is 19.8. The Morgan fingerprint density at radius 1 is 1.18 bits per heavy atom. The van der Waals surface area contributed by atoms with Crippen LogP contribution in [0, 0.1) is 0 Å². The Morgan fingerprint density at radius 2 is 1.89 bits per heavy atom. The van der Waals surface area contributed by atoms with Gasteiger partial charge in [0.1, 0.15) is 0 Å². The van der Waals surface area contributed by atoms with E-state index in [4.69, 9.17) is 0 Å². The number of carbonyl (C=O) groups is 2. The molecule has 28 heavy (non-hydrogen) atoms. The molecule has 0 saturated heterocycles. The summed E-state index contributed by atoms with van der Waals surface area (Å²) in [5, 5.41) is 16.7. The Bertz CT molecular complexity index is 965. The number of nitrogens with one attached hydrogen (secondary N) is 2. The second kappa shape index (κ2) is 9.34. The molecule has 0 radical (unpaired) electrons. The van der Waals surface area contributed by atoms with E-state index in [0.29, 0.717) is 23.1 Å². The lowest BCUT2D eigenvalue weighted by Gasteiger charge is -2.08. The quantitative estimate of drug-likeness (QED) is 0.432. The fourth-order valence-electron chi connectivity index (χ4n) is 2.44. The number of anilines is 2. The number of hydrogen-bond acceptors (Lipinski definition) is 6. The first-order chi connectivity index (χ1) is 13.6. The van der Waals surface area contributed by atoms with Gasteiger partial charge in [0.05, 0.1) is 10.6 Å². The highest BCUT2D eigenvalue weighted by Gasteiger charge is 2.15. The summed E-state index contributed by atoms with van der Waals surface area (Å²) in [6.07, 6.45) is 1.78. The van der Waals surface area contributed by atoms with Gasteiger partial charge in [-0.15, -0.1) is 28.1 Å². The highest BCUT2D eigenvalue weighted by molar-refractivity contribution is 7.99. The van der Waals surface area contributed by atoms with Crippen LogP contribution in [0.15, 0.2) is 59.6 Å². The average molecular weight is 414 g/mol. The third kappa shape index (κ3) is 5.08. The normalized spacial score (nSPS) is 10.5. The predicted molar refractivity (Wildman–Crippen MR) is 114 cm³/mol. The lowest BCUT2D eigenvalue weighted by atomic mass is 10.3. The Balaban J connectivity index is 1.61. The summed E-state index contributed by atoms with van der Waals surface area (Å²) in [6.45, 7) is 5.80. The van der Waals surface area contributed by atoms with E-state index in [1.165, 1.54) is 18.7 Å². The summed E-state index contributed by atoms with van der Waals surface area (Å²) in [7, 11) is 0. The van der Waals surface area contributed by atoms with Crippen molar-refractivity contribution in [2.45, 2.75) is 18.6 Å². The minimum atomic E-state index is -0.150. The molecule has 3 aromatic rings. The van der Waals surface area contributed by atoms with Gasteiger partial charge in [0.15, 0.2) is 11.0 Å². The number of rotatable bonds is 8. The van der Waals surface area contributed by atoms with Gasteiger partial charge in [-0.25, -0.2) is 0 Å². The highest BCUT2D eigenvalue weighted by Crippen LogP contribution is 2.27. The van der Waals surface area contributed by atoms with Gasteiger partial charge in [-0.2, -0.15) is 0 Å². The maximum atomic E-state index is 12.3. The Hall–Kier alpha value is -2.91. The topological polar surface area (TPSA) is 88.9 Å². The van der Waals surface area contributed by atoms with Crippen LogP contribution >= 0.6 is 23.1 Å². The number of carbonyl (C=O) groups excluding carboxylic acids is 2. The van der Waals surface area contributed by atoms with E-state index in [-0.39, 0.29) is 17.6 Å². The van der Waals surface area contributed by atoms with Crippen molar-refractivity contribution in [3.8, 4) is 10.7 Å². The third-order valence-electron chi connectivity index (χ3n) is 3.59. The Labute approximate surface area is 170 Å². The molecule has 0 bridgehead atoms.